The number of carboxylic acids is 1. The first-order chi connectivity index (χ1) is 9.75. The largest absolute Gasteiger partial charge is 0.477 e. The number of hydrogen-bond donors (Lipinski definition) is 1. The fraction of sp³-hybridized carbons (Fsp3) is 0.615. The monoisotopic (exact) mass is 397 g/mol. The molecule has 120 valence electrons. The molecule has 0 fully saturated rings. The molecule has 0 aromatic carbocycles. The lowest BCUT2D eigenvalue weighted by atomic mass is 10.2. The minimum Gasteiger partial charge on any atom is -0.477 e. The van der Waals surface area contributed by atoms with Crippen LogP contribution in [0, 0.1) is 0 Å². The molecule has 8 heteroatoms. The third-order valence-corrected chi connectivity index (χ3v) is 7.52. The van der Waals surface area contributed by atoms with E-state index in [-0.39, 0.29) is 15.8 Å². The molecule has 5 nitrogen and oxygen atoms in total. The zero-order chi connectivity index (χ0) is 16.2. The second kappa shape index (κ2) is 7.71. The van der Waals surface area contributed by atoms with E-state index in [1.807, 2.05) is 20.8 Å². The summed E-state index contributed by atoms with van der Waals surface area (Å²) in [5.74, 6) is -1.12. The van der Waals surface area contributed by atoms with E-state index >= 15 is 0 Å². The van der Waals surface area contributed by atoms with Crippen molar-refractivity contribution in [2.45, 2.75) is 51.0 Å². The Balaban J connectivity index is 3.24. The molecule has 1 rings (SSSR count). The molecule has 0 amide bonds. The number of nitrogens with zero attached hydrogens (tertiary/aromatic N) is 1. The zero-order valence-electron chi connectivity index (χ0n) is 12.3. The van der Waals surface area contributed by atoms with Crippen LogP contribution in [0.5, 0.6) is 0 Å². The Morgan fingerprint density at radius 1 is 1.48 bits per heavy atom. The fourth-order valence-electron chi connectivity index (χ4n) is 1.85. The molecule has 1 aromatic rings. The van der Waals surface area contributed by atoms with Gasteiger partial charge in [0.25, 0.3) is 0 Å². The van der Waals surface area contributed by atoms with Crippen LogP contribution in [0.4, 0.5) is 0 Å². The van der Waals surface area contributed by atoms with Crippen molar-refractivity contribution in [3.8, 4) is 0 Å². The van der Waals surface area contributed by atoms with Gasteiger partial charge in [0.2, 0.25) is 10.0 Å². The van der Waals surface area contributed by atoms with Gasteiger partial charge in [0.15, 0.2) is 0 Å². The van der Waals surface area contributed by atoms with Crippen LogP contribution >= 0.6 is 27.3 Å². The van der Waals surface area contributed by atoms with E-state index in [0.717, 1.165) is 24.2 Å². The molecular formula is C13H20BrNO4S2. The van der Waals surface area contributed by atoms with Gasteiger partial charge in [0, 0.05) is 12.6 Å². The van der Waals surface area contributed by atoms with Crippen LogP contribution in [0.15, 0.2) is 14.7 Å². The van der Waals surface area contributed by atoms with Crippen LogP contribution in [0.2, 0.25) is 0 Å². The molecule has 1 unspecified atom stereocenters. The van der Waals surface area contributed by atoms with Gasteiger partial charge >= 0.3 is 5.97 Å². The normalized spacial score (nSPS) is 13.6. The lowest BCUT2D eigenvalue weighted by molar-refractivity contribution is 0.0702. The minimum absolute atomic E-state index is 0.0139. The summed E-state index contributed by atoms with van der Waals surface area (Å²) in [7, 11) is -3.69. The lowest BCUT2D eigenvalue weighted by Crippen LogP contribution is -2.39. The van der Waals surface area contributed by atoms with Gasteiger partial charge in [0.1, 0.15) is 9.77 Å². The molecule has 0 aliphatic carbocycles. The maximum Gasteiger partial charge on any atom is 0.345 e. The van der Waals surface area contributed by atoms with Gasteiger partial charge < -0.3 is 5.11 Å². The quantitative estimate of drug-likeness (QED) is 0.723. The summed E-state index contributed by atoms with van der Waals surface area (Å²) in [5, 5.41) is 9.00. The van der Waals surface area contributed by atoms with Crippen LogP contribution in [-0.2, 0) is 10.0 Å². The number of sulfonamides is 1. The van der Waals surface area contributed by atoms with E-state index in [1.54, 1.807) is 0 Å². The van der Waals surface area contributed by atoms with E-state index in [4.69, 9.17) is 5.11 Å². The number of rotatable bonds is 8. The standard InChI is InChI=1S/C13H20BrNO4S2/c1-4-6-7-15(9(3)5-2)21(18,19)11-8-10(13(16)17)20-12(11)14/h8-9H,4-7H2,1-3H3,(H,16,17). The topological polar surface area (TPSA) is 74.7 Å². The molecule has 21 heavy (non-hydrogen) atoms. The highest BCUT2D eigenvalue weighted by Gasteiger charge is 2.31. The summed E-state index contributed by atoms with van der Waals surface area (Å²) in [4.78, 5) is 11.1. The number of carboxylic acid groups (broad SMARTS) is 1. The first kappa shape index (κ1) is 18.6. The SMILES string of the molecule is CCCCN(C(C)CC)S(=O)(=O)c1cc(C(=O)O)sc1Br. The van der Waals surface area contributed by atoms with E-state index in [9.17, 15) is 13.2 Å². The third kappa shape index (κ3) is 4.28. The Morgan fingerprint density at radius 3 is 2.52 bits per heavy atom. The molecule has 0 bridgehead atoms. The highest BCUT2D eigenvalue weighted by molar-refractivity contribution is 9.11. The third-order valence-electron chi connectivity index (χ3n) is 3.27. The van der Waals surface area contributed by atoms with E-state index in [0.29, 0.717) is 16.8 Å². The summed E-state index contributed by atoms with van der Waals surface area (Å²) in [6, 6.07) is 1.11. The molecule has 1 atom stereocenters. The number of unbranched alkanes of at least 4 members (excludes halogenated alkanes) is 1. The number of halogens is 1. The Labute approximate surface area is 138 Å². The van der Waals surface area contributed by atoms with Crippen molar-refractivity contribution in [2.24, 2.45) is 0 Å². The van der Waals surface area contributed by atoms with Gasteiger partial charge in [-0.3, -0.25) is 0 Å². The Bertz CT molecular complexity index is 597. The second-order valence-corrected chi connectivity index (χ2v) is 9.01. The summed E-state index contributed by atoms with van der Waals surface area (Å²) in [5.41, 5.74) is 0. The molecule has 0 saturated heterocycles. The molecule has 0 radical (unpaired) electrons. The number of carbonyl (C=O) groups is 1. The Kier molecular flexibility index (Phi) is 6.83. The van der Waals surface area contributed by atoms with Crippen LogP contribution in [0.25, 0.3) is 0 Å². The highest BCUT2D eigenvalue weighted by Crippen LogP contribution is 2.34. The van der Waals surface area contributed by atoms with Crippen molar-refractivity contribution in [2.75, 3.05) is 6.54 Å². The molecule has 0 spiro atoms. The predicted octanol–water partition coefficient (Wildman–Crippen LogP) is 3.80. The maximum absolute atomic E-state index is 12.8. The second-order valence-electron chi connectivity index (χ2n) is 4.78. The van der Waals surface area contributed by atoms with E-state index < -0.39 is 16.0 Å². The highest BCUT2D eigenvalue weighted by atomic mass is 79.9. The lowest BCUT2D eigenvalue weighted by Gasteiger charge is -2.27. The van der Waals surface area contributed by atoms with Gasteiger partial charge in [-0.05, 0) is 41.8 Å². The van der Waals surface area contributed by atoms with Crippen molar-refractivity contribution >= 4 is 43.3 Å². The first-order valence-corrected chi connectivity index (χ1v) is 9.85. The molecule has 1 heterocycles. The number of hydrogen-bond acceptors (Lipinski definition) is 4. The zero-order valence-corrected chi connectivity index (χ0v) is 15.5. The van der Waals surface area contributed by atoms with Gasteiger partial charge in [-0.25, -0.2) is 13.2 Å². The van der Waals surface area contributed by atoms with Gasteiger partial charge in [-0.2, -0.15) is 4.31 Å². The van der Waals surface area contributed by atoms with E-state index in [1.165, 1.54) is 10.4 Å². The first-order valence-electron chi connectivity index (χ1n) is 6.80. The van der Waals surface area contributed by atoms with Crippen LogP contribution < -0.4 is 0 Å². The van der Waals surface area contributed by atoms with Gasteiger partial charge in [0.05, 0.1) is 3.79 Å². The van der Waals surface area contributed by atoms with Crippen molar-refractivity contribution in [3.63, 3.8) is 0 Å². The molecule has 0 aliphatic rings. The average Bonchev–Trinajstić information content (AvgIpc) is 2.81. The van der Waals surface area contributed by atoms with Crippen molar-refractivity contribution in [1.29, 1.82) is 0 Å². The van der Waals surface area contributed by atoms with Crippen LogP contribution in [0.3, 0.4) is 0 Å². The van der Waals surface area contributed by atoms with Crippen LogP contribution in [-0.4, -0.2) is 36.4 Å². The Morgan fingerprint density at radius 2 is 2.10 bits per heavy atom. The minimum atomic E-state index is -3.69. The molecule has 1 aromatic heterocycles. The fourth-order valence-corrected chi connectivity index (χ4v) is 5.95. The molecule has 0 aliphatic heterocycles. The number of thiophene rings is 1. The van der Waals surface area contributed by atoms with Crippen LogP contribution in [0.1, 0.15) is 49.7 Å². The van der Waals surface area contributed by atoms with Gasteiger partial charge in [-0.15, -0.1) is 11.3 Å². The smallest absolute Gasteiger partial charge is 0.345 e. The van der Waals surface area contributed by atoms with Crippen molar-refractivity contribution in [1.82, 2.24) is 4.31 Å². The average molecular weight is 398 g/mol. The maximum atomic E-state index is 12.8. The predicted molar refractivity (Wildman–Crippen MR) is 87.5 cm³/mol. The molecule has 1 N–H and O–H groups in total. The summed E-state index contributed by atoms with van der Waals surface area (Å²) in [6.45, 7) is 6.25. The Hall–Kier alpha value is -0.440. The van der Waals surface area contributed by atoms with Crippen molar-refractivity contribution in [3.05, 3.63) is 14.7 Å². The van der Waals surface area contributed by atoms with Gasteiger partial charge in [-0.1, -0.05) is 20.3 Å². The van der Waals surface area contributed by atoms with Crippen molar-refractivity contribution < 1.29 is 18.3 Å². The summed E-state index contributed by atoms with van der Waals surface area (Å²) >= 11 is 4.10. The number of aromatic carboxylic acids is 1. The summed E-state index contributed by atoms with van der Waals surface area (Å²) < 4.78 is 27.4. The molecular weight excluding hydrogens is 378 g/mol. The van der Waals surface area contributed by atoms with E-state index in [2.05, 4.69) is 15.9 Å². The molecule has 0 saturated carbocycles. The summed E-state index contributed by atoms with van der Waals surface area (Å²) in [6.07, 6.45) is 2.38.